The number of benzene rings is 2. The van der Waals surface area contributed by atoms with E-state index in [1.165, 1.54) is 0 Å². The summed E-state index contributed by atoms with van der Waals surface area (Å²) >= 11 is 0. The van der Waals surface area contributed by atoms with Gasteiger partial charge in [-0.2, -0.15) is 0 Å². The van der Waals surface area contributed by atoms with Crippen LogP contribution in [0.3, 0.4) is 0 Å². The summed E-state index contributed by atoms with van der Waals surface area (Å²) in [5.41, 5.74) is 1.78. The highest BCUT2D eigenvalue weighted by atomic mass is 19.4. The molecule has 0 unspecified atom stereocenters. The smallest absolute Gasteiger partial charge is 0.399 e. The van der Waals surface area contributed by atoms with Crippen molar-refractivity contribution in [2.45, 2.75) is 50.8 Å². The lowest BCUT2D eigenvalue weighted by Gasteiger charge is -2.28. The Balaban J connectivity index is 1.63. The number of halogens is 6. The van der Waals surface area contributed by atoms with Gasteiger partial charge in [0.1, 0.15) is 6.67 Å². The van der Waals surface area contributed by atoms with Gasteiger partial charge in [0.15, 0.2) is 11.6 Å². The average molecular weight is 442 g/mol. The van der Waals surface area contributed by atoms with Crippen molar-refractivity contribution in [2.75, 3.05) is 6.67 Å². The maximum absolute atomic E-state index is 14.0. The van der Waals surface area contributed by atoms with E-state index in [4.69, 9.17) is 0 Å². The third-order valence-corrected chi connectivity index (χ3v) is 5.78. The van der Waals surface area contributed by atoms with Crippen molar-refractivity contribution >= 4 is 0 Å². The van der Waals surface area contributed by atoms with Crippen molar-refractivity contribution in [2.24, 2.45) is 5.92 Å². The van der Waals surface area contributed by atoms with Crippen LogP contribution in [0.1, 0.15) is 50.0 Å². The minimum absolute atomic E-state index is 0.140. The van der Waals surface area contributed by atoms with Crippen LogP contribution >= 0.6 is 0 Å². The Morgan fingerprint density at radius 3 is 2.03 bits per heavy atom. The SMILES string of the molecule is FCC=CCC[C@H]1CC[C@H](c2ccc(-c3cc(F)c(OC(F)(F)F)c(F)c3)cc2)CC1. The molecule has 1 aliphatic carbocycles. The van der Waals surface area contributed by atoms with Gasteiger partial charge in [0.05, 0.1) is 0 Å². The van der Waals surface area contributed by atoms with E-state index < -0.39 is 30.4 Å². The van der Waals surface area contributed by atoms with Crippen LogP contribution in [0.5, 0.6) is 5.75 Å². The molecule has 0 amide bonds. The number of ether oxygens (including phenoxy) is 1. The second kappa shape index (κ2) is 10.2. The van der Waals surface area contributed by atoms with Gasteiger partial charge in [0.2, 0.25) is 5.75 Å². The molecule has 2 aromatic carbocycles. The number of hydrogen-bond acceptors (Lipinski definition) is 1. The van der Waals surface area contributed by atoms with Crippen molar-refractivity contribution in [3.8, 4) is 16.9 Å². The first-order chi connectivity index (χ1) is 14.8. The quantitative estimate of drug-likeness (QED) is 0.311. The monoisotopic (exact) mass is 442 g/mol. The Labute approximate surface area is 177 Å². The van der Waals surface area contributed by atoms with Crippen molar-refractivity contribution in [3.05, 3.63) is 65.7 Å². The molecular formula is C24H24F6O. The standard InChI is InChI=1S/C24H24F6O/c25-13-3-1-2-4-16-5-7-17(8-6-16)18-9-11-19(12-10-18)20-14-21(26)23(22(27)15-20)31-24(28,29)30/h1,3,9-12,14-17H,2,4-8,13H2/t16-,17-. The second-order valence-corrected chi connectivity index (χ2v) is 7.86. The minimum atomic E-state index is -5.17. The molecule has 0 aliphatic heterocycles. The first-order valence-corrected chi connectivity index (χ1v) is 10.3. The zero-order chi connectivity index (χ0) is 22.4. The lowest BCUT2D eigenvalue weighted by atomic mass is 9.77. The number of rotatable bonds is 7. The summed E-state index contributed by atoms with van der Waals surface area (Å²) in [4.78, 5) is 0. The molecule has 0 N–H and O–H groups in total. The third-order valence-electron chi connectivity index (χ3n) is 5.78. The van der Waals surface area contributed by atoms with Crippen LogP contribution in [0.4, 0.5) is 26.3 Å². The van der Waals surface area contributed by atoms with E-state index >= 15 is 0 Å². The maximum Gasteiger partial charge on any atom is 0.573 e. The van der Waals surface area contributed by atoms with Gasteiger partial charge in [0, 0.05) is 0 Å². The van der Waals surface area contributed by atoms with E-state index in [1.807, 2.05) is 18.2 Å². The molecule has 7 heteroatoms. The van der Waals surface area contributed by atoms with E-state index in [9.17, 15) is 26.3 Å². The minimum Gasteiger partial charge on any atom is -0.399 e. The van der Waals surface area contributed by atoms with Crippen molar-refractivity contribution in [1.82, 2.24) is 0 Å². The largest absolute Gasteiger partial charge is 0.573 e. The molecule has 1 fully saturated rings. The molecule has 0 bridgehead atoms. The Bertz CT molecular complexity index is 857. The van der Waals surface area contributed by atoms with Gasteiger partial charge >= 0.3 is 6.36 Å². The Morgan fingerprint density at radius 2 is 1.48 bits per heavy atom. The third kappa shape index (κ3) is 6.52. The highest BCUT2D eigenvalue weighted by Crippen LogP contribution is 2.38. The van der Waals surface area contributed by atoms with Gasteiger partial charge in [-0.25, -0.2) is 13.2 Å². The summed E-state index contributed by atoms with van der Waals surface area (Å²) in [6.45, 7) is -0.423. The summed E-state index contributed by atoms with van der Waals surface area (Å²) < 4.78 is 80.3. The lowest BCUT2D eigenvalue weighted by molar-refractivity contribution is -0.276. The topological polar surface area (TPSA) is 9.23 Å². The van der Waals surface area contributed by atoms with E-state index in [0.29, 0.717) is 17.4 Å². The normalized spacial score (nSPS) is 19.7. The van der Waals surface area contributed by atoms with Crippen LogP contribution in [-0.2, 0) is 0 Å². The molecule has 3 rings (SSSR count). The Hall–Kier alpha value is -2.44. The fourth-order valence-corrected chi connectivity index (χ4v) is 4.18. The highest BCUT2D eigenvalue weighted by molar-refractivity contribution is 5.65. The van der Waals surface area contributed by atoms with Gasteiger partial charge in [-0.05, 0) is 79.2 Å². The molecule has 0 radical (unpaired) electrons. The molecule has 0 spiro atoms. The van der Waals surface area contributed by atoms with Gasteiger partial charge in [0.25, 0.3) is 0 Å². The fourth-order valence-electron chi connectivity index (χ4n) is 4.18. The molecule has 0 atom stereocenters. The molecule has 0 saturated heterocycles. The zero-order valence-electron chi connectivity index (χ0n) is 16.9. The number of allylic oxidation sites excluding steroid dienone is 2. The number of hydrogen-bond donors (Lipinski definition) is 0. The van der Waals surface area contributed by atoms with Crippen LogP contribution in [0, 0.1) is 17.6 Å². The van der Waals surface area contributed by atoms with E-state index in [1.54, 1.807) is 18.2 Å². The molecule has 1 aliphatic rings. The molecule has 31 heavy (non-hydrogen) atoms. The van der Waals surface area contributed by atoms with Gasteiger partial charge in [-0.1, -0.05) is 36.4 Å². The molecule has 0 heterocycles. The molecule has 0 aromatic heterocycles. The molecule has 2 aromatic rings. The van der Waals surface area contributed by atoms with Gasteiger partial charge < -0.3 is 4.74 Å². The van der Waals surface area contributed by atoms with E-state index in [0.717, 1.165) is 56.2 Å². The average Bonchev–Trinajstić information content (AvgIpc) is 2.74. The van der Waals surface area contributed by atoms with Crippen molar-refractivity contribution < 1.29 is 31.1 Å². The van der Waals surface area contributed by atoms with Crippen LogP contribution in [0.25, 0.3) is 11.1 Å². The zero-order valence-corrected chi connectivity index (χ0v) is 16.9. The second-order valence-electron chi connectivity index (χ2n) is 7.86. The highest BCUT2D eigenvalue weighted by Gasteiger charge is 2.34. The fraction of sp³-hybridized carbons (Fsp3) is 0.417. The summed E-state index contributed by atoms with van der Waals surface area (Å²) in [6.07, 6.45) is 4.52. The lowest BCUT2D eigenvalue weighted by Crippen LogP contribution is -2.19. The molecular weight excluding hydrogens is 418 g/mol. The summed E-state index contributed by atoms with van der Waals surface area (Å²) in [5.74, 6) is -3.22. The van der Waals surface area contributed by atoms with E-state index in [2.05, 4.69) is 4.74 Å². The molecule has 1 saturated carbocycles. The van der Waals surface area contributed by atoms with Gasteiger partial charge in [-0.15, -0.1) is 13.2 Å². The molecule has 1 nitrogen and oxygen atoms in total. The van der Waals surface area contributed by atoms with Crippen molar-refractivity contribution in [1.29, 1.82) is 0 Å². The number of alkyl halides is 4. The summed E-state index contributed by atoms with van der Waals surface area (Å²) in [6, 6.07) is 8.92. The van der Waals surface area contributed by atoms with E-state index in [-0.39, 0.29) is 5.56 Å². The van der Waals surface area contributed by atoms with Crippen LogP contribution in [0.15, 0.2) is 48.6 Å². The van der Waals surface area contributed by atoms with Crippen LogP contribution in [0.2, 0.25) is 0 Å². The van der Waals surface area contributed by atoms with Crippen LogP contribution < -0.4 is 4.74 Å². The van der Waals surface area contributed by atoms with Crippen LogP contribution in [-0.4, -0.2) is 13.0 Å². The Morgan fingerprint density at radius 1 is 0.871 bits per heavy atom. The molecule has 168 valence electrons. The van der Waals surface area contributed by atoms with Gasteiger partial charge in [-0.3, -0.25) is 0 Å². The first kappa shape index (κ1) is 23.2. The summed E-state index contributed by atoms with van der Waals surface area (Å²) in [7, 11) is 0. The maximum atomic E-state index is 14.0. The summed E-state index contributed by atoms with van der Waals surface area (Å²) in [5, 5.41) is 0. The predicted molar refractivity (Wildman–Crippen MR) is 108 cm³/mol. The predicted octanol–water partition coefficient (Wildman–Crippen LogP) is 8.11. The Kier molecular flexibility index (Phi) is 7.68. The first-order valence-electron chi connectivity index (χ1n) is 10.3. The van der Waals surface area contributed by atoms with Crippen molar-refractivity contribution in [3.63, 3.8) is 0 Å².